The summed E-state index contributed by atoms with van der Waals surface area (Å²) in [5.41, 5.74) is -0.0395. The predicted octanol–water partition coefficient (Wildman–Crippen LogP) is 3.18. The lowest BCUT2D eigenvalue weighted by atomic mass is 10.2. The molecule has 2 rings (SSSR count). The number of nitrogens with one attached hydrogen (secondary N) is 2. The molecule has 10 heteroatoms. The number of thiocarbonyl (C=S) groups is 1. The molecule has 0 heterocycles. The second-order valence-corrected chi connectivity index (χ2v) is 5.94. The molecule has 2 aromatic rings. The van der Waals surface area contributed by atoms with Crippen molar-refractivity contribution in [1.29, 1.82) is 0 Å². The van der Waals surface area contributed by atoms with E-state index in [-0.39, 0.29) is 27.6 Å². The molecule has 8 nitrogen and oxygen atoms in total. The van der Waals surface area contributed by atoms with Crippen molar-refractivity contribution in [2.45, 2.75) is 0 Å². The quantitative estimate of drug-likeness (QED) is 0.392. The van der Waals surface area contributed by atoms with Crippen LogP contribution >= 0.6 is 28.1 Å². The maximum absolute atomic E-state index is 12.3. The minimum atomic E-state index is -1.15. The van der Waals surface area contributed by atoms with E-state index in [1.165, 1.54) is 24.3 Å². The van der Waals surface area contributed by atoms with Gasteiger partial charge in [0.15, 0.2) is 5.11 Å². The number of anilines is 1. The molecule has 1 amide bonds. The van der Waals surface area contributed by atoms with Gasteiger partial charge in [-0.2, -0.15) is 0 Å². The number of para-hydroxylation sites is 1. The van der Waals surface area contributed by atoms with Crippen LogP contribution in [-0.2, 0) is 0 Å². The summed E-state index contributed by atoms with van der Waals surface area (Å²) in [4.78, 5) is 33.6. The highest BCUT2D eigenvalue weighted by Gasteiger charge is 2.17. The Morgan fingerprint density at radius 1 is 1.16 bits per heavy atom. The summed E-state index contributed by atoms with van der Waals surface area (Å²) in [5, 5.41) is 24.8. The number of non-ortho nitro benzene ring substituents is 1. The topological polar surface area (TPSA) is 122 Å². The van der Waals surface area contributed by atoms with Gasteiger partial charge in [-0.1, -0.05) is 12.1 Å². The van der Waals surface area contributed by atoms with E-state index in [0.717, 1.165) is 6.07 Å². The summed E-state index contributed by atoms with van der Waals surface area (Å²) >= 11 is 8.14. The fourth-order valence-corrected chi connectivity index (χ4v) is 2.53. The number of hydrogen-bond donors (Lipinski definition) is 3. The van der Waals surface area contributed by atoms with Crippen LogP contribution in [0.25, 0.3) is 0 Å². The molecule has 0 aliphatic carbocycles. The molecule has 0 saturated heterocycles. The first-order valence-corrected chi connectivity index (χ1v) is 7.88. The molecule has 0 fully saturated rings. The van der Waals surface area contributed by atoms with E-state index in [0.29, 0.717) is 4.47 Å². The molecule has 0 atom stereocenters. The Kier molecular flexibility index (Phi) is 5.78. The maximum atomic E-state index is 12.3. The van der Waals surface area contributed by atoms with Crippen molar-refractivity contribution >= 4 is 56.5 Å². The van der Waals surface area contributed by atoms with Crippen LogP contribution in [-0.4, -0.2) is 27.0 Å². The minimum absolute atomic E-state index is 0.0179. The standard InChI is InChI=1S/C15H10BrN3O5S/c16-11-6-5-8(19(23)24)7-10(11)13(20)18-15(25)17-12-4-2-1-3-9(12)14(21)22/h1-7H,(H,21,22)(H2,17,18,20,25). The van der Waals surface area contributed by atoms with Gasteiger partial charge < -0.3 is 10.4 Å². The summed E-state index contributed by atoms with van der Waals surface area (Å²) < 4.78 is 0.351. The Morgan fingerprint density at radius 3 is 2.48 bits per heavy atom. The number of carbonyl (C=O) groups excluding carboxylic acids is 1. The van der Waals surface area contributed by atoms with Gasteiger partial charge in [0.05, 0.1) is 21.7 Å². The Balaban J connectivity index is 2.16. The van der Waals surface area contributed by atoms with E-state index in [1.807, 2.05) is 0 Å². The van der Waals surface area contributed by atoms with Crippen molar-refractivity contribution in [2.75, 3.05) is 5.32 Å². The molecule has 0 spiro atoms. The highest BCUT2D eigenvalue weighted by atomic mass is 79.9. The van der Waals surface area contributed by atoms with Crippen molar-refractivity contribution in [3.8, 4) is 0 Å². The third-order valence-corrected chi connectivity index (χ3v) is 3.93. The van der Waals surface area contributed by atoms with Gasteiger partial charge in [-0.25, -0.2) is 4.79 Å². The monoisotopic (exact) mass is 423 g/mol. The van der Waals surface area contributed by atoms with Gasteiger partial charge in [-0.05, 0) is 46.3 Å². The number of rotatable bonds is 4. The molecule has 0 aliphatic rings. The summed E-state index contributed by atoms with van der Waals surface area (Å²) in [7, 11) is 0. The van der Waals surface area contributed by atoms with Crippen LogP contribution in [0, 0.1) is 10.1 Å². The number of halogens is 1. The second-order valence-electron chi connectivity index (χ2n) is 4.68. The zero-order valence-electron chi connectivity index (χ0n) is 12.4. The van der Waals surface area contributed by atoms with Crippen molar-refractivity contribution in [2.24, 2.45) is 0 Å². The normalized spacial score (nSPS) is 9.96. The first-order valence-electron chi connectivity index (χ1n) is 6.68. The van der Waals surface area contributed by atoms with E-state index in [2.05, 4.69) is 26.6 Å². The molecule has 0 bridgehead atoms. The van der Waals surface area contributed by atoms with E-state index >= 15 is 0 Å². The van der Waals surface area contributed by atoms with Gasteiger partial charge in [-0.15, -0.1) is 0 Å². The smallest absolute Gasteiger partial charge is 0.337 e. The maximum Gasteiger partial charge on any atom is 0.337 e. The van der Waals surface area contributed by atoms with Gasteiger partial charge >= 0.3 is 5.97 Å². The first kappa shape index (κ1) is 18.5. The van der Waals surface area contributed by atoms with Crippen LogP contribution in [0.15, 0.2) is 46.9 Å². The highest BCUT2D eigenvalue weighted by molar-refractivity contribution is 9.10. The molecule has 128 valence electrons. The number of carboxylic acids is 1. The Labute approximate surface area is 155 Å². The summed E-state index contributed by atoms with van der Waals surface area (Å²) in [6.07, 6.45) is 0. The molecule has 2 aromatic carbocycles. The Hall–Kier alpha value is -2.85. The van der Waals surface area contributed by atoms with Crippen molar-refractivity contribution in [3.63, 3.8) is 0 Å². The van der Waals surface area contributed by atoms with Crippen molar-refractivity contribution < 1.29 is 19.6 Å². The Morgan fingerprint density at radius 2 is 1.84 bits per heavy atom. The molecule has 0 unspecified atom stereocenters. The van der Waals surface area contributed by atoms with Crippen molar-refractivity contribution in [1.82, 2.24) is 5.32 Å². The molecule has 0 aromatic heterocycles. The SMILES string of the molecule is O=C(NC(=S)Nc1ccccc1C(=O)O)c1cc([N+](=O)[O-])ccc1Br. The van der Waals surface area contributed by atoms with Crippen LogP contribution in [0.3, 0.4) is 0 Å². The van der Waals surface area contributed by atoms with Gasteiger partial charge in [0.1, 0.15) is 0 Å². The number of carbonyl (C=O) groups is 2. The number of hydrogen-bond acceptors (Lipinski definition) is 5. The fourth-order valence-electron chi connectivity index (χ4n) is 1.90. The lowest BCUT2D eigenvalue weighted by Crippen LogP contribution is -2.34. The number of carboxylic acid groups (broad SMARTS) is 1. The van der Waals surface area contributed by atoms with Gasteiger partial charge in [0, 0.05) is 16.6 Å². The van der Waals surface area contributed by atoms with Crippen LogP contribution in [0.1, 0.15) is 20.7 Å². The number of nitro groups is 1. The summed E-state index contributed by atoms with van der Waals surface area (Å²) in [5.74, 6) is -1.83. The van der Waals surface area contributed by atoms with Gasteiger partial charge in [0.25, 0.3) is 11.6 Å². The fraction of sp³-hybridized carbons (Fsp3) is 0. The highest BCUT2D eigenvalue weighted by Crippen LogP contribution is 2.22. The van der Waals surface area contributed by atoms with Crippen LogP contribution in [0.2, 0.25) is 0 Å². The van der Waals surface area contributed by atoms with E-state index in [1.54, 1.807) is 12.1 Å². The molecular weight excluding hydrogens is 414 g/mol. The largest absolute Gasteiger partial charge is 0.478 e. The molecular formula is C15H10BrN3O5S. The van der Waals surface area contributed by atoms with E-state index < -0.39 is 16.8 Å². The third kappa shape index (κ3) is 4.58. The first-order chi connectivity index (χ1) is 11.8. The number of nitrogens with zero attached hydrogens (tertiary/aromatic N) is 1. The molecule has 0 saturated carbocycles. The van der Waals surface area contributed by atoms with E-state index in [4.69, 9.17) is 17.3 Å². The second kappa shape index (κ2) is 7.81. The van der Waals surface area contributed by atoms with Crippen LogP contribution in [0.5, 0.6) is 0 Å². The lowest BCUT2D eigenvalue weighted by molar-refractivity contribution is -0.384. The van der Waals surface area contributed by atoms with E-state index in [9.17, 15) is 19.7 Å². The molecule has 0 radical (unpaired) electrons. The third-order valence-electron chi connectivity index (χ3n) is 3.04. The van der Waals surface area contributed by atoms with Gasteiger partial charge in [-0.3, -0.25) is 20.2 Å². The number of nitro benzene ring substituents is 1. The average Bonchev–Trinajstić information content (AvgIpc) is 2.55. The van der Waals surface area contributed by atoms with Crippen molar-refractivity contribution in [3.05, 3.63) is 68.2 Å². The zero-order valence-corrected chi connectivity index (χ0v) is 14.8. The molecule has 3 N–H and O–H groups in total. The average molecular weight is 424 g/mol. The summed E-state index contributed by atoms with van der Waals surface area (Å²) in [6.45, 7) is 0. The minimum Gasteiger partial charge on any atom is -0.478 e. The molecule has 25 heavy (non-hydrogen) atoms. The van der Waals surface area contributed by atoms with Gasteiger partial charge in [0.2, 0.25) is 0 Å². The number of amides is 1. The summed E-state index contributed by atoms with van der Waals surface area (Å²) in [6, 6.07) is 9.77. The molecule has 0 aliphatic heterocycles. The van der Waals surface area contributed by atoms with Crippen LogP contribution in [0.4, 0.5) is 11.4 Å². The number of benzene rings is 2. The number of aromatic carboxylic acids is 1. The van der Waals surface area contributed by atoms with Crippen LogP contribution < -0.4 is 10.6 Å². The zero-order chi connectivity index (χ0) is 18.6. The lowest BCUT2D eigenvalue weighted by Gasteiger charge is -2.12. The Bertz CT molecular complexity index is 887. The predicted molar refractivity (Wildman–Crippen MR) is 97.9 cm³/mol.